The van der Waals surface area contributed by atoms with E-state index in [1.165, 1.54) is 5.56 Å². The summed E-state index contributed by atoms with van der Waals surface area (Å²) in [4.78, 5) is 2.22. The van der Waals surface area contributed by atoms with Crippen LogP contribution in [0.1, 0.15) is 5.56 Å². The van der Waals surface area contributed by atoms with Crippen LogP contribution in [0, 0.1) is 0 Å². The topological polar surface area (TPSA) is 41.9 Å². The Morgan fingerprint density at radius 2 is 1.68 bits per heavy atom. The second-order valence-electron chi connectivity index (χ2n) is 5.58. The molecule has 1 heterocycles. The number of likely N-dealkylation sites (tertiary alicyclic amines) is 1. The number of ether oxygens (including phenoxy) is 2. The van der Waals surface area contributed by atoms with E-state index in [-0.39, 0.29) is 6.10 Å². The molecule has 4 heteroatoms. The fraction of sp³-hybridized carbons (Fsp3) is 0.333. The second-order valence-corrected chi connectivity index (χ2v) is 5.58. The van der Waals surface area contributed by atoms with E-state index in [4.69, 9.17) is 9.47 Å². The van der Waals surface area contributed by atoms with Gasteiger partial charge in [-0.2, -0.15) is 0 Å². The van der Waals surface area contributed by atoms with Crippen LogP contribution < -0.4 is 9.47 Å². The van der Waals surface area contributed by atoms with E-state index >= 15 is 0 Å². The Morgan fingerprint density at radius 3 is 2.36 bits per heavy atom. The van der Waals surface area contributed by atoms with Crippen molar-refractivity contribution in [3.63, 3.8) is 0 Å². The van der Waals surface area contributed by atoms with Crippen molar-refractivity contribution in [3.8, 4) is 11.5 Å². The van der Waals surface area contributed by atoms with E-state index in [1.54, 1.807) is 7.11 Å². The zero-order valence-electron chi connectivity index (χ0n) is 12.7. The van der Waals surface area contributed by atoms with Crippen molar-refractivity contribution in [1.29, 1.82) is 0 Å². The Kier molecular flexibility index (Phi) is 4.61. The van der Waals surface area contributed by atoms with Crippen LogP contribution in [0.2, 0.25) is 0 Å². The number of hydrogen-bond acceptors (Lipinski definition) is 4. The lowest BCUT2D eigenvalue weighted by Gasteiger charge is -2.17. The molecule has 0 aromatic heterocycles. The van der Waals surface area contributed by atoms with Crippen molar-refractivity contribution in [2.45, 2.75) is 18.8 Å². The first kappa shape index (κ1) is 14.9. The lowest BCUT2D eigenvalue weighted by Crippen LogP contribution is -2.29. The van der Waals surface area contributed by atoms with Crippen LogP contribution in [0.3, 0.4) is 0 Å². The molecule has 0 saturated carbocycles. The molecule has 0 amide bonds. The smallest absolute Gasteiger partial charge is 0.138 e. The maximum atomic E-state index is 10.2. The molecule has 0 aliphatic carbocycles. The third kappa shape index (κ3) is 3.59. The molecule has 22 heavy (non-hydrogen) atoms. The number of aliphatic hydroxyl groups excluding tert-OH is 1. The summed E-state index contributed by atoms with van der Waals surface area (Å²) in [6.45, 7) is 2.19. The van der Waals surface area contributed by atoms with Gasteiger partial charge in [0.25, 0.3) is 0 Å². The van der Waals surface area contributed by atoms with Crippen LogP contribution in [0.4, 0.5) is 0 Å². The molecular formula is C18H21NO3. The van der Waals surface area contributed by atoms with Crippen molar-refractivity contribution in [2.75, 3.05) is 20.2 Å². The highest BCUT2D eigenvalue weighted by Crippen LogP contribution is 2.22. The number of rotatable bonds is 5. The summed E-state index contributed by atoms with van der Waals surface area (Å²) in [5, 5.41) is 10.2. The van der Waals surface area contributed by atoms with Gasteiger partial charge in [-0.15, -0.1) is 0 Å². The molecule has 2 atom stereocenters. The summed E-state index contributed by atoms with van der Waals surface area (Å²) in [5.74, 6) is 1.55. The van der Waals surface area contributed by atoms with Gasteiger partial charge in [0.2, 0.25) is 0 Å². The summed E-state index contributed by atoms with van der Waals surface area (Å²) in [6.07, 6.45) is -0.664. The first-order chi connectivity index (χ1) is 10.7. The molecule has 1 aliphatic heterocycles. The number of methoxy groups -OCH3 is 1. The fourth-order valence-electron chi connectivity index (χ4n) is 2.75. The van der Waals surface area contributed by atoms with Gasteiger partial charge in [-0.25, -0.2) is 0 Å². The quantitative estimate of drug-likeness (QED) is 0.920. The van der Waals surface area contributed by atoms with Crippen LogP contribution in [-0.4, -0.2) is 42.4 Å². The van der Waals surface area contributed by atoms with Gasteiger partial charge in [-0.3, -0.25) is 4.90 Å². The first-order valence-electron chi connectivity index (χ1n) is 7.49. The number of hydrogen-bond donors (Lipinski definition) is 1. The van der Waals surface area contributed by atoms with Crippen molar-refractivity contribution in [3.05, 3.63) is 60.2 Å². The molecule has 3 rings (SSSR count). The van der Waals surface area contributed by atoms with E-state index in [2.05, 4.69) is 17.0 Å². The lowest BCUT2D eigenvalue weighted by atomic mass is 10.2. The molecule has 4 nitrogen and oxygen atoms in total. The summed E-state index contributed by atoms with van der Waals surface area (Å²) in [5.41, 5.74) is 1.25. The Hall–Kier alpha value is -2.04. The molecule has 1 fully saturated rings. The maximum Gasteiger partial charge on any atom is 0.138 e. The van der Waals surface area contributed by atoms with Crippen molar-refractivity contribution in [2.24, 2.45) is 0 Å². The van der Waals surface area contributed by atoms with Crippen molar-refractivity contribution < 1.29 is 14.6 Å². The predicted molar refractivity (Wildman–Crippen MR) is 85.1 cm³/mol. The zero-order valence-corrected chi connectivity index (χ0v) is 12.7. The predicted octanol–water partition coefficient (Wildman–Crippen LogP) is 2.32. The fourth-order valence-corrected chi connectivity index (χ4v) is 2.75. The minimum absolute atomic E-state index is 0.197. The van der Waals surface area contributed by atoms with E-state index in [0.29, 0.717) is 6.54 Å². The summed E-state index contributed by atoms with van der Waals surface area (Å²) < 4.78 is 11.0. The Morgan fingerprint density at radius 1 is 1.00 bits per heavy atom. The average molecular weight is 299 g/mol. The SMILES string of the molecule is COc1ccc(O[C@@H]2CN(Cc3ccccc3)C[C@H]2O)cc1. The molecule has 1 saturated heterocycles. The monoisotopic (exact) mass is 299 g/mol. The molecule has 1 N–H and O–H groups in total. The number of benzene rings is 2. The highest BCUT2D eigenvalue weighted by molar-refractivity contribution is 5.31. The van der Waals surface area contributed by atoms with Gasteiger partial charge in [0, 0.05) is 19.6 Å². The average Bonchev–Trinajstić information content (AvgIpc) is 2.88. The standard InChI is InChI=1S/C18H21NO3/c1-21-15-7-9-16(10-8-15)22-18-13-19(12-17(18)20)11-14-5-3-2-4-6-14/h2-10,17-18,20H,11-13H2,1H3/t17-,18-/m1/s1. The minimum atomic E-state index is -0.467. The third-order valence-electron chi connectivity index (χ3n) is 3.91. The van der Waals surface area contributed by atoms with Gasteiger partial charge in [0.1, 0.15) is 23.7 Å². The molecule has 0 bridgehead atoms. The van der Waals surface area contributed by atoms with Crippen LogP contribution >= 0.6 is 0 Å². The molecule has 0 radical (unpaired) electrons. The summed E-state index contributed by atoms with van der Waals surface area (Å²) >= 11 is 0. The summed E-state index contributed by atoms with van der Waals surface area (Å²) in [6, 6.07) is 17.7. The molecule has 1 aliphatic rings. The highest BCUT2D eigenvalue weighted by Gasteiger charge is 2.32. The molecule has 116 valence electrons. The van der Waals surface area contributed by atoms with Crippen LogP contribution in [0.25, 0.3) is 0 Å². The Labute approximate surface area is 130 Å². The Bertz CT molecular complexity index is 585. The Balaban J connectivity index is 1.58. The molecule has 0 spiro atoms. The largest absolute Gasteiger partial charge is 0.497 e. The van der Waals surface area contributed by atoms with Gasteiger partial charge in [-0.1, -0.05) is 30.3 Å². The molecule has 0 unspecified atom stereocenters. The van der Waals surface area contributed by atoms with Gasteiger partial charge >= 0.3 is 0 Å². The lowest BCUT2D eigenvalue weighted by molar-refractivity contribution is 0.0736. The van der Waals surface area contributed by atoms with Crippen LogP contribution in [-0.2, 0) is 6.54 Å². The van der Waals surface area contributed by atoms with Crippen LogP contribution in [0.15, 0.2) is 54.6 Å². The van der Waals surface area contributed by atoms with Crippen molar-refractivity contribution in [1.82, 2.24) is 4.90 Å². The van der Waals surface area contributed by atoms with Crippen molar-refractivity contribution >= 4 is 0 Å². The number of β-amino-alcohol motifs (C(OH)–C–C–N with tert-alkyl or cyclic N) is 1. The normalized spacial score (nSPS) is 21.7. The van der Waals surface area contributed by atoms with E-state index in [1.807, 2.05) is 42.5 Å². The van der Waals surface area contributed by atoms with Gasteiger partial charge in [0.05, 0.1) is 7.11 Å². The molecule has 2 aromatic carbocycles. The maximum absolute atomic E-state index is 10.2. The van der Waals surface area contributed by atoms with Crippen LogP contribution in [0.5, 0.6) is 11.5 Å². The summed E-state index contributed by atoms with van der Waals surface area (Å²) in [7, 11) is 1.64. The van der Waals surface area contributed by atoms with E-state index in [9.17, 15) is 5.11 Å². The number of aliphatic hydroxyl groups is 1. The zero-order chi connectivity index (χ0) is 15.4. The molecular weight excluding hydrogens is 278 g/mol. The van der Waals surface area contributed by atoms with E-state index < -0.39 is 6.10 Å². The third-order valence-corrected chi connectivity index (χ3v) is 3.91. The molecule has 2 aromatic rings. The van der Waals surface area contributed by atoms with E-state index in [0.717, 1.165) is 24.6 Å². The van der Waals surface area contributed by atoms with Gasteiger partial charge < -0.3 is 14.6 Å². The van der Waals surface area contributed by atoms with Gasteiger partial charge in [-0.05, 0) is 29.8 Å². The highest BCUT2D eigenvalue weighted by atomic mass is 16.5. The first-order valence-corrected chi connectivity index (χ1v) is 7.49. The van der Waals surface area contributed by atoms with Gasteiger partial charge in [0.15, 0.2) is 0 Å². The second kappa shape index (κ2) is 6.81. The number of nitrogens with zero attached hydrogens (tertiary/aromatic N) is 1. The minimum Gasteiger partial charge on any atom is -0.497 e.